The quantitative estimate of drug-likeness (QED) is 0.437. The van der Waals surface area contributed by atoms with E-state index in [9.17, 15) is 0 Å². The van der Waals surface area contributed by atoms with E-state index in [0.29, 0.717) is 0 Å². The molecule has 1 heterocycles. The van der Waals surface area contributed by atoms with Gasteiger partial charge in [0.25, 0.3) is 0 Å². The summed E-state index contributed by atoms with van der Waals surface area (Å²) >= 11 is 15.0. The molecule has 1 unspecified atom stereocenters. The molecule has 0 aromatic carbocycles. The summed E-state index contributed by atoms with van der Waals surface area (Å²) in [5.74, 6) is 0. The van der Waals surface area contributed by atoms with E-state index < -0.39 is 0 Å². The summed E-state index contributed by atoms with van der Waals surface area (Å²) in [5.41, 5.74) is 1.22. The number of hydrogen-bond donors (Lipinski definition) is 0. The lowest BCUT2D eigenvalue weighted by molar-refractivity contribution is 0.655. The zero-order chi connectivity index (χ0) is 10.6. The van der Waals surface area contributed by atoms with Crippen molar-refractivity contribution in [1.82, 2.24) is 0 Å². The van der Waals surface area contributed by atoms with Crippen LogP contribution in [0.3, 0.4) is 0 Å². The Balaban J connectivity index is 2.51. The van der Waals surface area contributed by atoms with Crippen LogP contribution in [0.25, 0.3) is 0 Å². The van der Waals surface area contributed by atoms with Crippen molar-refractivity contribution in [3.63, 3.8) is 0 Å². The van der Waals surface area contributed by atoms with E-state index >= 15 is 0 Å². The van der Waals surface area contributed by atoms with Crippen LogP contribution in [-0.2, 0) is 0 Å². The molecule has 1 aromatic rings. The molecular weight excluding hydrogens is 347 g/mol. The van der Waals surface area contributed by atoms with Crippen molar-refractivity contribution in [2.45, 2.75) is 38.0 Å². The fourth-order valence-electron chi connectivity index (χ4n) is 1.30. The third kappa shape index (κ3) is 3.84. The second-order valence-electron chi connectivity index (χ2n) is 3.24. The Hall–Kier alpha value is 0.950. The maximum Gasteiger partial charge on any atom is 0.0757 e. The van der Waals surface area contributed by atoms with Gasteiger partial charge in [0.15, 0.2) is 0 Å². The fraction of sp³-hybridized carbons (Fsp3) is 0.600. The molecule has 0 N–H and O–H groups in total. The first-order chi connectivity index (χ1) is 6.65. The van der Waals surface area contributed by atoms with E-state index in [1.165, 1.54) is 24.8 Å². The fourth-order valence-corrected chi connectivity index (χ4v) is 4.79. The third-order valence-corrected chi connectivity index (χ3v) is 4.92. The smallest absolute Gasteiger partial charge is 0.0757 e. The standard InChI is InChI=1S/C10H13Br2ClS/c1-2-3-4-5-8(13)7-6-9(11)14-10(7)12/h6,8H,2-5H2,1H3. The van der Waals surface area contributed by atoms with Crippen molar-refractivity contribution in [3.05, 3.63) is 19.2 Å². The van der Waals surface area contributed by atoms with E-state index in [-0.39, 0.29) is 5.38 Å². The summed E-state index contributed by atoms with van der Waals surface area (Å²) in [5, 5.41) is 0.151. The summed E-state index contributed by atoms with van der Waals surface area (Å²) in [4.78, 5) is 0. The molecule has 0 spiro atoms. The molecule has 14 heavy (non-hydrogen) atoms. The molecular formula is C10H13Br2ClS. The summed E-state index contributed by atoms with van der Waals surface area (Å²) in [6.45, 7) is 2.21. The number of hydrogen-bond acceptors (Lipinski definition) is 1. The predicted molar refractivity (Wildman–Crippen MR) is 72.5 cm³/mol. The summed E-state index contributed by atoms with van der Waals surface area (Å²) in [6, 6.07) is 2.11. The Morgan fingerprint density at radius 2 is 2.14 bits per heavy atom. The molecule has 0 fully saturated rings. The Kier molecular flexibility index (Phi) is 6.06. The van der Waals surface area contributed by atoms with Gasteiger partial charge in [-0.3, -0.25) is 0 Å². The molecule has 0 amide bonds. The SMILES string of the molecule is CCCCCC(Cl)c1cc(Br)sc1Br. The van der Waals surface area contributed by atoms with Gasteiger partial charge in [0, 0.05) is 0 Å². The van der Waals surface area contributed by atoms with Crippen molar-refractivity contribution in [2.75, 3.05) is 0 Å². The van der Waals surface area contributed by atoms with Crippen molar-refractivity contribution in [3.8, 4) is 0 Å². The van der Waals surface area contributed by atoms with Crippen LogP contribution < -0.4 is 0 Å². The van der Waals surface area contributed by atoms with Gasteiger partial charge in [0.05, 0.1) is 12.9 Å². The number of unbranched alkanes of at least 4 members (excludes halogenated alkanes) is 2. The first kappa shape index (κ1) is 13.0. The Morgan fingerprint density at radius 3 is 2.64 bits per heavy atom. The van der Waals surface area contributed by atoms with E-state index in [0.717, 1.165) is 14.0 Å². The van der Waals surface area contributed by atoms with Crippen LogP contribution >= 0.6 is 54.8 Å². The van der Waals surface area contributed by atoms with Gasteiger partial charge in [-0.15, -0.1) is 22.9 Å². The van der Waals surface area contributed by atoms with Gasteiger partial charge in [-0.05, 0) is 49.9 Å². The average Bonchev–Trinajstić information content (AvgIpc) is 2.45. The van der Waals surface area contributed by atoms with Crippen LogP contribution in [0.5, 0.6) is 0 Å². The second-order valence-corrected chi connectivity index (χ2v) is 7.52. The van der Waals surface area contributed by atoms with E-state index in [4.69, 9.17) is 11.6 Å². The Labute approximate surface area is 111 Å². The van der Waals surface area contributed by atoms with Crippen molar-refractivity contribution < 1.29 is 0 Å². The van der Waals surface area contributed by atoms with Crippen LogP contribution in [0, 0.1) is 0 Å². The molecule has 0 radical (unpaired) electrons. The highest BCUT2D eigenvalue weighted by molar-refractivity contribution is 9.12. The van der Waals surface area contributed by atoms with Gasteiger partial charge < -0.3 is 0 Å². The molecule has 0 aliphatic rings. The minimum absolute atomic E-state index is 0.151. The number of rotatable bonds is 5. The molecule has 80 valence electrons. The molecule has 1 rings (SSSR count). The molecule has 1 atom stereocenters. The van der Waals surface area contributed by atoms with Crippen molar-refractivity contribution in [1.29, 1.82) is 0 Å². The predicted octanol–water partition coefficient (Wildman–Crippen LogP) is 6.13. The van der Waals surface area contributed by atoms with Gasteiger partial charge in [-0.2, -0.15) is 0 Å². The number of halogens is 3. The minimum Gasteiger partial charge on any atom is -0.121 e. The van der Waals surface area contributed by atoms with Gasteiger partial charge >= 0.3 is 0 Å². The maximum absolute atomic E-state index is 6.32. The molecule has 4 heteroatoms. The lowest BCUT2D eigenvalue weighted by atomic mass is 10.1. The van der Waals surface area contributed by atoms with Gasteiger partial charge in [-0.25, -0.2) is 0 Å². The highest BCUT2D eigenvalue weighted by atomic mass is 79.9. The van der Waals surface area contributed by atoms with Crippen LogP contribution in [-0.4, -0.2) is 0 Å². The van der Waals surface area contributed by atoms with Gasteiger partial charge in [-0.1, -0.05) is 26.2 Å². The van der Waals surface area contributed by atoms with Gasteiger partial charge in [0.2, 0.25) is 0 Å². The molecule has 0 saturated carbocycles. The molecule has 0 aliphatic carbocycles. The zero-order valence-corrected chi connectivity index (χ0v) is 12.8. The summed E-state index contributed by atoms with van der Waals surface area (Å²) in [7, 11) is 0. The van der Waals surface area contributed by atoms with E-state index in [1.54, 1.807) is 11.3 Å². The average molecular weight is 361 g/mol. The van der Waals surface area contributed by atoms with E-state index in [1.807, 2.05) is 0 Å². The number of thiophene rings is 1. The first-order valence-corrected chi connectivity index (χ1v) is 7.57. The lowest BCUT2D eigenvalue weighted by Gasteiger charge is -2.07. The third-order valence-electron chi connectivity index (χ3n) is 2.08. The topological polar surface area (TPSA) is 0 Å². The number of alkyl halides is 1. The van der Waals surface area contributed by atoms with Crippen LogP contribution in [0.4, 0.5) is 0 Å². The summed E-state index contributed by atoms with van der Waals surface area (Å²) in [6.07, 6.45) is 4.80. The lowest BCUT2D eigenvalue weighted by Crippen LogP contribution is -1.89. The van der Waals surface area contributed by atoms with Crippen LogP contribution in [0.1, 0.15) is 43.5 Å². The highest BCUT2D eigenvalue weighted by Gasteiger charge is 2.13. The Morgan fingerprint density at radius 1 is 1.43 bits per heavy atom. The Bertz CT molecular complexity index is 286. The van der Waals surface area contributed by atoms with E-state index in [2.05, 4.69) is 44.8 Å². The maximum atomic E-state index is 6.32. The van der Waals surface area contributed by atoms with Crippen molar-refractivity contribution in [2.24, 2.45) is 0 Å². The molecule has 0 aliphatic heterocycles. The molecule has 0 saturated heterocycles. The second kappa shape index (κ2) is 6.51. The first-order valence-electron chi connectivity index (χ1n) is 4.74. The normalized spacial score (nSPS) is 13.1. The highest BCUT2D eigenvalue weighted by Crippen LogP contribution is 2.39. The molecule has 1 aromatic heterocycles. The zero-order valence-electron chi connectivity index (χ0n) is 8.03. The largest absolute Gasteiger partial charge is 0.121 e. The van der Waals surface area contributed by atoms with Crippen molar-refractivity contribution >= 4 is 54.8 Å². The van der Waals surface area contributed by atoms with Crippen LogP contribution in [0.15, 0.2) is 13.6 Å². The molecule has 0 bridgehead atoms. The molecule has 0 nitrogen and oxygen atoms in total. The minimum atomic E-state index is 0.151. The summed E-state index contributed by atoms with van der Waals surface area (Å²) < 4.78 is 2.29. The monoisotopic (exact) mass is 358 g/mol. The van der Waals surface area contributed by atoms with Gasteiger partial charge in [0.1, 0.15) is 0 Å². The van der Waals surface area contributed by atoms with Crippen LogP contribution in [0.2, 0.25) is 0 Å².